The van der Waals surface area contributed by atoms with Crippen LogP contribution in [0.5, 0.6) is 0 Å². The Morgan fingerprint density at radius 3 is 2.89 bits per heavy atom. The Labute approximate surface area is 117 Å². The van der Waals surface area contributed by atoms with E-state index in [4.69, 9.17) is 16.3 Å². The van der Waals surface area contributed by atoms with E-state index in [-0.39, 0.29) is 17.6 Å². The summed E-state index contributed by atoms with van der Waals surface area (Å²) in [4.78, 5) is 17.6. The molecule has 1 saturated heterocycles. The number of carbonyl (C=O) groups is 1. The number of hydrogen-bond acceptors (Lipinski definition) is 4. The minimum Gasteiger partial charge on any atom is -0.388 e. The molecule has 1 N–H and O–H groups in total. The molecule has 1 amide bonds. The fourth-order valence-electron chi connectivity index (χ4n) is 2.18. The van der Waals surface area contributed by atoms with Crippen molar-refractivity contribution in [1.29, 1.82) is 0 Å². The molecule has 1 aliphatic heterocycles. The number of nitrogens with zero attached hydrogens (tertiary/aromatic N) is 2. The molecule has 6 heteroatoms. The number of amides is 1. The second-order valence-electron chi connectivity index (χ2n) is 4.87. The Balaban J connectivity index is 2.03. The Kier molecular flexibility index (Phi) is 4.39. The Morgan fingerprint density at radius 1 is 1.58 bits per heavy atom. The molecule has 1 aliphatic rings. The van der Waals surface area contributed by atoms with Crippen LogP contribution in [-0.4, -0.2) is 53.3 Å². The highest BCUT2D eigenvalue weighted by molar-refractivity contribution is 6.29. The van der Waals surface area contributed by atoms with Gasteiger partial charge in [0.15, 0.2) is 0 Å². The van der Waals surface area contributed by atoms with Crippen LogP contribution < -0.4 is 0 Å². The van der Waals surface area contributed by atoms with Crippen LogP contribution >= 0.6 is 11.6 Å². The predicted octanol–water partition coefficient (Wildman–Crippen LogP) is 1.35. The maximum Gasteiger partial charge on any atom is 0.253 e. The maximum atomic E-state index is 12.2. The van der Waals surface area contributed by atoms with Gasteiger partial charge in [0, 0.05) is 51.4 Å². The van der Waals surface area contributed by atoms with Gasteiger partial charge in [-0.25, -0.2) is 4.98 Å². The van der Waals surface area contributed by atoms with E-state index >= 15 is 0 Å². The molecule has 0 atom stereocenters. The van der Waals surface area contributed by atoms with E-state index < -0.39 is 5.60 Å². The smallest absolute Gasteiger partial charge is 0.253 e. The number of halogens is 1. The summed E-state index contributed by atoms with van der Waals surface area (Å²) in [5.41, 5.74) is -0.391. The van der Waals surface area contributed by atoms with Crippen LogP contribution in [0.3, 0.4) is 0 Å². The normalized spacial score (nSPS) is 18.1. The van der Waals surface area contributed by atoms with Gasteiger partial charge in [-0.15, -0.1) is 0 Å². The highest BCUT2D eigenvalue weighted by atomic mass is 35.5. The van der Waals surface area contributed by atoms with Crippen molar-refractivity contribution in [3.8, 4) is 0 Å². The Hall–Kier alpha value is -1.17. The molecule has 19 heavy (non-hydrogen) atoms. The Bertz CT molecular complexity index is 461. The van der Waals surface area contributed by atoms with E-state index in [1.54, 1.807) is 13.1 Å². The lowest BCUT2D eigenvalue weighted by Gasteiger charge is -2.35. The maximum absolute atomic E-state index is 12.2. The van der Waals surface area contributed by atoms with Crippen molar-refractivity contribution in [2.24, 2.45) is 0 Å². The molecule has 1 fully saturated rings. The van der Waals surface area contributed by atoms with Crippen molar-refractivity contribution >= 4 is 17.5 Å². The molecular weight excluding hydrogens is 268 g/mol. The molecule has 0 spiro atoms. The summed E-state index contributed by atoms with van der Waals surface area (Å²) in [6.45, 7) is 1.34. The van der Waals surface area contributed by atoms with E-state index in [1.165, 1.54) is 17.2 Å². The molecule has 0 saturated carbocycles. The first-order valence-corrected chi connectivity index (χ1v) is 6.55. The van der Waals surface area contributed by atoms with Crippen molar-refractivity contribution in [3.05, 3.63) is 29.0 Å². The van der Waals surface area contributed by atoms with E-state index in [0.717, 1.165) is 0 Å². The van der Waals surface area contributed by atoms with Gasteiger partial charge in [0.05, 0.1) is 5.60 Å². The quantitative estimate of drug-likeness (QED) is 0.851. The first kappa shape index (κ1) is 14.2. The van der Waals surface area contributed by atoms with Crippen molar-refractivity contribution in [2.45, 2.75) is 18.4 Å². The lowest BCUT2D eigenvalue weighted by molar-refractivity contribution is -0.0734. The highest BCUT2D eigenvalue weighted by Crippen LogP contribution is 2.22. The van der Waals surface area contributed by atoms with Gasteiger partial charge in [-0.1, -0.05) is 11.6 Å². The minimum absolute atomic E-state index is 0.177. The van der Waals surface area contributed by atoms with Crippen LogP contribution in [0.15, 0.2) is 18.3 Å². The third kappa shape index (κ3) is 3.65. The van der Waals surface area contributed by atoms with Crippen molar-refractivity contribution in [3.63, 3.8) is 0 Å². The number of likely N-dealkylation sites (N-methyl/N-ethyl adjacent to an activating group) is 1. The van der Waals surface area contributed by atoms with Crippen LogP contribution in [-0.2, 0) is 4.74 Å². The van der Waals surface area contributed by atoms with Gasteiger partial charge in [-0.3, -0.25) is 4.79 Å². The molecule has 104 valence electrons. The standard InChI is InChI=1S/C13H17ClN2O3/c1-16(9-13(18)3-6-19-7-4-13)12(17)10-2-5-15-11(14)8-10/h2,5,8,18H,3-4,6-7,9H2,1H3. The number of pyridine rings is 1. The molecule has 1 aromatic rings. The third-order valence-corrected chi connectivity index (χ3v) is 3.48. The second kappa shape index (κ2) is 5.86. The van der Waals surface area contributed by atoms with Gasteiger partial charge in [0.1, 0.15) is 5.15 Å². The van der Waals surface area contributed by atoms with Gasteiger partial charge in [0.25, 0.3) is 5.91 Å². The lowest BCUT2D eigenvalue weighted by Crippen LogP contribution is -2.47. The number of aromatic nitrogens is 1. The first-order chi connectivity index (χ1) is 9.00. The molecular formula is C13H17ClN2O3. The molecule has 1 aromatic heterocycles. The summed E-state index contributed by atoms with van der Waals surface area (Å²) >= 11 is 5.77. The van der Waals surface area contributed by atoms with Gasteiger partial charge in [0.2, 0.25) is 0 Å². The number of hydrogen-bond donors (Lipinski definition) is 1. The van der Waals surface area contributed by atoms with E-state index in [0.29, 0.717) is 31.6 Å². The van der Waals surface area contributed by atoms with Gasteiger partial charge < -0.3 is 14.7 Å². The molecule has 0 aromatic carbocycles. The zero-order valence-electron chi connectivity index (χ0n) is 10.8. The molecule has 5 nitrogen and oxygen atoms in total. The van der Waals surface area contributed by atoms with Crippen molar-refractivity contribution in [2.75, 3.05) is 26.8 Å². The second-order valence-corrected chi connectivity index (χ2v) is 5.25. The van der Waals surface area contributed by atoms with Crippen molar-refractivity contribution in [1.82, 2.24) is 9.88 Å². The highest BCUT2D eigenvalue weighted by Gasteiger charge is 2.32. The predicted molar refractivity (Wildman–Crippen MR) is 71.2 cm³/mol. The number of carbonyl (C=O) groups excluding carboxylic acids is 1. The molecule has 2 rings (SSSR count). The van der Waals surface area contributed by atoms with Crippen LogP contribution in [0.2, 0.25) is 5.15 Å². The summed E-state index contributed by atoms with van der Waals surface area (Å²) in [6, 6.07) is 3.13. The molecule has 0 radical (unpaired) electrons. The fraction of sp³-hybridized carbons (Fsp3) is 0.538. The van der Waals surface area contributed by atoms with E-state index in [2.05, 4.69) is 4.98 Å². The largest absolute Gasteiger partial charge is 0.388 e. The zero-order valence-corrected chi connectivity index (χ0v) is 11.6. The molecule has 0 bridgehead atoms. The minimum atomic E-state index is -0.862. The number of rotatable bonds is 3. The van der Waals surface area contributed by atoms with Gasteiger partial charge >= 0.3 is 0 Å². The monoisotopic (exact) mass is 284 g/mol. The zero-order chi connectivity index (χ0) is 13.9. The van der Waals surface area contributed by atoms with Gasteiger partial charge in [-0.05, 0) is 12.1 Å². The summed E-state index contributed by atoms with van der Waals surface area (Å²) in [6.07, 6.45) is 2.58. The lowest BCUT2D eigenvalue weighted by atomic mass is 9.94. The fourth-order valence-corrected chi connectivity index (χ4v) is 2.35. The average molecular weight is 285 g/mol. The van der Waals surface area contributed by atoms with Gasteiger partial charge in [-0.2, -0.15) is 0 Å². The van der Waals surface area contributed by atoms with Crippen LogP contribution in [0.4, 0.5) is 0 Å². The van der Waals surface area contributed by atoms with E-state index in [1.807, 2.05) is 0 Å². The number of aliphatic hydroxyl groups is 1. The molecule has 2 heterocycles. The van der Waals surface area contributed by atoms with Crippen LogP contribution in [0, 0.1) is 0 Å². The summed E-state index contributed by atoms with van der Waals surface area (Å²) in [5.74, 6) is -0.177. The topological polar surface area (TPSA) is 62.7 Å². The Morgan fingerprint density at radius 2 is 2.26 bits per heavy atom. The molecule has 0 aliphatic carbocycles. The third-order valence-electron chi connectivity index (χ3n) is 3.28. The first-order valence-electron chi connectivity index (χ1n) is 6.17. The van der Waals surface area contributed by atoms with Crippen LogP contribution in [0.1, 0.15) is 23.2 Å². The van der Waals surface area contributed by atoms with E-state index in [9.17, 15) is 9.90 Å². The molecule has 0 unspecified atom stereocenters. The number of ether oxygens (including phenoxy) is 1. The summed E-state index contributed by atoms with van der Waals surface area (Å²) in [5, 5.41) is 10.7. The van der Waals surface area contributed by atoms with Crippen molar-refractivity contribution < 1.29 is 14.6 Å². The summed E-state index contributed by atoms with van der Waals surface area (Å²) < 4.78 is 5.22. The summed E-state index contributed by atoms with van der Waals surface area (Å²) in [7, 11) is 1.67. The SMILES string of the molecule is CN(CC1(O)CCOCC1)C(=O)c1ccnc(Cl)c1. The average Bonchev–Trinajstić information content (AvgIpc) is 2.38. The van der Waals surface area contributed by atoms with Crippen LogP contribution in [0.25, 0.3) is 0 Å².